The van der Waals surface area contributed by atoms with E-state index in [9.17, 15) is 20.1 Å². The fourth-order valence-electron chi connectivity index (χ4n) is 1.63. The van der Waals surface area contributed by atoms with Gasteiger partial charge in [-0.2, -0.15) is 0 Å². The lowest BCUT2D eigenvalue weighted by Crippen LogP contribution is -2.58. The van der Waals surface area contributed by atoms with Crippen molar-refractivity contribution < 1.29 is 30.0 Å². The Morgan fingerprint density at radius 1 is 1.13 bits per heavy atom. The van der Waals surface area contributed by atoms with Gasteiger partial charge in [0.2, 0.25) is 0 Å². The van der Waals surface area contributed by atoms with Gasteiger partial charge in [0.1, 0.15) is 30.2 Å². The van der Waals surface area contributed by atoms with Crippen LogP contribution in [-0.4, -0.2) is 63.3 Å². The van der Waals surface area contributed by atoms with E-state index < -0.39 is 37.1 Å². The Bertz CT molecular complexity index is 229. The van der Waals surface area contributed by atoms with Crippen LogP contribution in [0.5, 0.6) is 0 Å². The summed E-state index contributed by atoms with van der Waals surface area (Å²) < 4.78 is 5.11. The molecule has 0 aromatic rings. The summed E-state index contributed by atoms with van der Waals surface area (Å²) in [6.07, 6.45) is -5.95. The van der Waals surface area contributed by atoms with Gasteiger partial charge in [0.05, 0.1) is 12.7 Å². The van der Waals surface area contributed by atoms with Crippen molar-refractivity contribution in [3.63, 3.8) is 0 Å². The highest BCUT2D eigenvalue weighted by Gasteiger charge is 2.43. The van der Waals surface area contributed by atoms with Crippen molar-refractivity contribution in [2.75, 3.05) is 6.61 Å². The van der Waals surface area contributed by atoms with Gasteiger partial charge in [0.25, 0.3) is 0 Å². The average molecular weight is 220 g/mol. The van der Waals surface area contributed by atoms with Crippen molar-refractivity contribution in [3.05, 3.63) is 0 Å². The number of hydrogen-bond donors (Lipinski definition) is 4. The van der Waals surface area contributed by atoms with Gasteiger partial charge in [-0.25, -0.2) is 0 Å². The summed E-state index contributed by atoms with van der Waals surface area (Å²) in [6.45, 7) is 0.862. The van der Waals surface area contributed by atoms with Crippen LogP contribution >= 0.6 is 0 Å². The van der Waals surface area contributed by atoms with Gasteiger partial charge in [-0.15, -0.1) is 0 Å². The zero-order valence-electron chi connectivity index (χ0n) is 8.41. The van der Waals surface area contributed by atoms with Crippen LogP contribution < -0.4 is 0 Å². The lowest BCUT2D eigenvalue weighted by molar-refractivity contribution is -0.229. The molecule has 5 atom stereocenters. The maximum Gasteiger partial charge on any atom is 0.132 e. The summed E-state index contributed by atoms with van der Waals surface area (Å²) in [5.41, 5.74) is 0. The summed E-state index contributed by atoms with van der Waals surface area (Å²) in [6, 6.07) is 0. The Morgan fingerprint density at radius 3 is 2.13 bits per heavy atom. The Morgan fingerprint density at radius 2 is 1.67 bits per heavy atom. The molecular formula is C9H16O6. The quantitative estimate of drug-likeness (QED) is 0.430. The second-order valence-electron chi connectivity index (χ2n) is 3.77. The van der Waals surface area contributed by atoms with E-state index in [1.54, 1.807) is 0 Å². The van der Waals surface area contributed by atoms with Crippen molar-refractivity contribution in [1.29, 1.82) is 0 Å². The molecule has 3 unspecified atom stereocenters. The molecule has 1 aliphatic rings. The minimum absolute atomic E-state index is 0.0541. The van der Waals surface area contributed by atoms with Crippen LogP contribution in [0, 0.1) is 0 Å². The first kappa shape index (κ1) is 12.5. The molecule has 0 aromatic heterocycles. The zero-order chi connectivity index (χ0) is 11.6. The molecular weight excluding hydrogens is 204 g/mol. The average Bonchev–Trinajstić information content (AvgIpc) is 2.18. The lowest BCUT2D eigenvalue weighted by Gasteiger charge is -2.39. The summed E-state index contributed by atoms with van der Waals surface area (Å²) in [5.74, 6) is -0.195. The number of Topliss-reactive ketones (excluding diaryl/α,β-unsaturated/α-hetero) is 1. The summed E-state index contributed by atoms with van der Waals surface area (Å²) >= 11 is 0. The predicted molar refractivity (Wildman–Crippen MR) is 49.1 cm³/mol. The third-order valence-electron chi connectivity index (χ3n) is 2.48. The van der Waals surface area contributed by atoms with Crippen molar-refractivity contribution in [2.24, 2.45) is 0 Å². The molecule has 0 amide bonds. The molecule has 88 valence electrons. The highest BCUT2D eigenvalue weighted by molar-refractivity contribution is 5.76. The van der Waals surface area contributed by atoms with E-state index in [2.05, 4.69) is 0 Å². The molecule has 4 N–H and O–H groups in total. The second-order valence-corrected chi connectivity index (χ2v) is 3.77. The Labute approximate surface area is 87.1 Å². The molecule has 1 heterocycles. The maximum atomic E-state index is 10.8. The van der Waals surface area contributed by atoms with Gasteiger partial charge in [-0.05, 0) is 6.92 Å². The Hall–Kier alpha value is -0.530. The number of hydrogen-bond acceptors (Lipinski definition) is 6. The Kier molecular flexibility index (Phi) is 4.18. The molecule has 0 aliphatic carbocycles. The SMILES string of the molecule is CC(=O)C[C@@H]1OC(CO)[C@H](O)C(O)C1O. The molecule has 0 bridgehead atoms. The van der Waals surface area contributed by atoms with Crippen LogP contribution in [0.4, 0.5) is 0 Å². The largest absolute Gasteiger partial charge is 0.394 e. The van der Waals surface area contributed by atoms with Gasteiger partial charge in [-0.3, -0.25) is 4.79 Å². The molecule has 6 nitrogen and oxygen atoms in total. The summed E-state index contributed by atoms with van der Waals surface area (Å²) in [7, 11) is 0. The van der Waals surface area contributed by atoms with Crippen molar-refractivity contribution in [3.8, 4) is 0 Å². The fraction of sp³-hybridized carbons (Fsp3) is 0.889. The topological polar surface area (TPSA) is 107 Å². The highest BCUT2D eigenvalue weighted by atomic mass is 16.5. The van der Waals surface area contributed by atoms with Crippen LogP contribution in [-0.2, 0) is 9.53 Å². The molecule has 0 spiro atoms. The first-order chi connectivity index (χ1) is 6.97. The van der Waals surface area contributed by atoms with E-state index in [-0.39, 0.29) is 12.2 Å². The van der Waals surface area contributed by atoms with Crippen molar-refractivity contribution in [1.82, 2.24) is 0 Å². The van der Waals surface area contributed by atoms with E-state index in [0.29, 0.717) is 0 Å². The number of carbonyl (C=O) groups excluding carboxylic acids is 1. The molecule has 1 saturated heterocycles. The van der Waals surface area contributed by atoms with Gasteiger partial charge in [0, 0.05) is 6.42 Å². The number of rotatable bonds is 3. The minimum atomic E-state index is -1.40. The summed E-state index contributed by atoms with van der Waals surface area (Å²) in [4.78, 5) is 10.8. The number of aliphatic hydroxyl groups excluding tert-OH is 4. The molecule has 1 fully saturated rings. The van der Waals surface area contributed by atoms with Crippen LogP contribution in [0.2, 0.25) is 0 Å². The van der Waals surface area contributed by atoms with Gasteiger partial charge >= 0.3 is 0 Å². The molecule has 15 heavy (non-hydrogen) atoms. The van der Waals surface area contributed by atoms with E-state index in [1.807, 2.05) is 0 Å². The van der Waals surface area contributed by atoms with Crippen LogP contribution in [0.3, 0.4) is 0 Å². The van der Waals surface area contributed by atoms with Crippen molar-refractivity contribution >= 4 is 5.78 Å². The molecule has 0 radical (unpaired) electrons. The normalized spacial score (nSPS) is 41.5. The third-order valence-corrected chi connectivity index (χ3v) is 2.48. The molecule has 1 rings (SSSR count). The standard InChI is InChI=1S/C9H16O6/c1-4(11)2-5-7(12)9(14)8(13)6(3-10)15-5/h5-10,12-14H,2-3H2,1H3/t5-,6?,7?,8-,9?/m0/s1. The van der Waals surface area contributed by atoms with Crippen LogP contribution in [0.25, 0.3) is 0 Å². The van der Waals surface area contributed by atoms with Crippen molar-refractivity contribution in [2.45, 2.75) is 43.9 Å². The second kappa shape index (κ2) is 5.00. The van der Waals surface area contributed by atoms with Gasteiger partial charge in [0.15, 0.2) is 0 Å². The molecule has 6 heteroatoms. The highest BCUT2D eigenvalue weighted by Crippen LogP contribution is 2.23. The maximum absolute atomic E-state index is 10.8. The number of ether oxygens (including phenoxy) is 1. The van der Waals surface area contributed by atoms with E-state index in [1.165, 1.54) is 6.92 Å². The number of carbonyl (C=O) groups is 1. The van der Waals surface area contributed by atoms with Crippen LogP contribution in [0.1, 0.15) is 13.3 Å². The molecule has 1 aliphatic heterocycles. The zero-order valence-corrected chi connectivity index (χ0v) is 8.41. The van der Waals surface area contributed by atoms with E-state index >= 15 is 0 Å². The van der Waals surface area contributed by atoms with Gasteiger partial charge in [-0.1, -0.05) is 0 Å². The first-order valence-corrected chi connectivity index (χ1v) is 4.77. The smallest absolute Gasteiger partial charge is 0.132 e. The van der Waals surface area contributed by atoms with Crippen LogP contribution in [0.15, 0.2) is 0 Å². The number of aliphatic hydroxyl groups is 4. The van der Waals surface area contributed by atoms with E-state index in [4.69, 9.17) is 9.84 Å². The lowest BCUT2D eigenvalue weighted by atomic mass is 9.93. The van der Waals surface area contributed by atoms with Gasteiger partial charge < -0.3 is 25.2 Å². The van der Waals surface area contributed by atoms with E-state index in [0.717, 1.165) is 0 Å². The first-order valence-electron chi connectivity index (χ1n) is 4.77. The molecule has 0 saturated carbocycles. The molecule has 0 aromatic carbocycles. The fourth-order valence-corrected chi connectivity index (χ4v) is 1.63. The summed E-state index contributed by atoms with van der Waals surface area (Å²) in [5, 5.41) is 37.2. The third kappa shape index (κ3) is 2.73. The Balaban J connectivity index is 2.69. The number of ketones is 1. The minimum Gasteiger partial charge on any atom is -0.394 e. The monoisotopic (exact) mass is 220 g/mol. The predicted octanol–water partition coefficient (Wildman–Crippen LogP) is -2.19.